The molecule has 0 radical (unpaired) electrons. The topological polar surface area (TPSA) is 238 Å². The summed E-state index contributed by atoms with van der Waals surface area (Å²) in [7, 11) is 4.06. The van der Waals surface area contributed by atoms with Gasteiger partial charge in [-0.15, -0.1) is 0 Å². The van der Waals surface area contributed by atoms with Crippen molar-refractivity contribution in [2.24, 2.45) is 23.5 Å². The van der Waals surface area contributed by atoms with Crippen LogP contribution in [0.15, 0.2) is 30.3 Å². The van der Waals surface area contributed by atoms with Gasteiger partial charge in [0, 0.05) is 33.5 Å². The minimum atomic E-state index is -1.36. The van der Waals surface area contributed by atoms with Crippen LogP contribution in [0.25, 0.3) is 0 Å². The molecular formula is C42H67N7O10. The molecule has 1 aromatic rings. The molecule has 8 atom stereocenters. The number of carbonyl (C=O) groups excluding carboxylic acids is 8. The molecule has 1 aromatic carbocycles. The fourth-order valence-electron chi connectivity index (χ4n) is 6.96. The molecule has 17 heteroatoms. The number of esters is 1. The Hall–Kier alpha value is -5.06. The standard InChI is InChI=1S/C42H67N7O10/c1-10-26(5)35(46-37(53)30(19-20-33(43)50)48(8)40(56)29(22-25(3)4)45-39(55)36(52)27(6)11-2)38(54)44-24-34(51)47(7)32(23-28-16-13-12-14-17-28)41(57)49-21-15-18-31(49)42(58)59-9/h12-14,16-17,25-27,29-32,35-36,52H,10-11,15,18-24H2,1-9H3,(H2,43,50)(H,44,54)(H,45,55)(H,46,53)/t26-,27?,29-,30-,31-,32+,35-,36-/m0/s1. The number of methoxy groups -OCH3 is 1. The van der Waals surface area contributed by atoms with E-state index in [1.165, 1.54) is 31.0 Å². The van der Waals surface area contributed by atoms with Crippen molar-refractivity contribution in [2.75, 3.05) is 34.3 Å². The molecule has 0 aromatic heterocycles. The predicted molar refractivity (Wildman–Crippen MR) is 220 cm³/mol. The summed E-state index contributed by atoms with van der Waals surface area (Å²) in [5.41, 5.74) is 6.21. The predicted octanol–water partition coefficient (Wildman–Crippen LogP) is 0.898. The molecule has 0 aliphatic carbocycles. The lowest BCUT2D eigenvalue weighted by atomic mass is 9.96. The summed E-state index contributed by atoms with van der Waals surface area (Å²) in [5, 5.41) is 18.5. The largest absolute Gasteiger partial charge is 0.467 e. The summed E-state index contributed by atoms with van der Waals surface area (Å²) in [6, 6.07) is 3.70. The number of aliphatic hydroxyl groups is 1. The zero-order valence-corrected chi connectivity index (χ0v) is 36.2. The van der Waals surface area contributed by atoms with E-state index in [2.05, 4.69) is 16.0 Å². The van der Waals surface area contributed by atoms with Crippen molar-refractivity contribution in [3.8, 4) is 0 Å². The van der Waals surface area contributed by atoms with Crippen molar-refractivity contribution >= 4 is 47.3 Å². The minimum Gasteiger partial charge on any atom is -0.467 e. The van der Waals surface area contributed by atoms with Gasteiger partial charge in [0.25, 0.3) is 0 Å². The number of hydrogen-bond acceptors (Lipinski definition) is 10. The lowest BCUT2D eigenvalue weighted by Crippen LogP contribution is -2.59. The van der Waals surface area contributed by atoms with Crippen molar-refractivity contribution < 1.29 is 48.2 Å². The van der Waals surface area contributed by atoms with Crippen LogP contribution in [0.3, 0.4) is 0 Å². The van der Waals surface area contributed by atoms with Crippen molar-refractivity contribution in [2.45, 2.75) is 129 Å². The molecule has 330 valence electrons. The summed E-state index contributed by atoms with van der Waals surface area (Å²) in [6.07, 6.45) is 0.479. The fourth-order valence-corrected chi connectivity index (χ4v) is 6.96. The number of primary amides is 1. The van der Waals surface area contributed by atoms with E-state index in [1.807, 2.05) is 58.0 Å². The molecule has 59 heavy (non-hydrogen) atoms. The van der Waals surface area contributed by atoms with Crippen molar-refractivity contribution in [1.29, 1.82) is 0 Å². The SMILES string of the molecule is CCC(C)[C@H](O)C(=O)N[C@@H](CC(C)C)C(=O)N(C)[C@@H](CCC(N)=O)C(=O)N[C@H](C(=O)NCC(=O)N(C)[C@H](Cc1ccccc1)C(=O)N1CCC[C@H]1C(=O)OC)[C@@H](C)CC. The minimum absolute atomic E-state index is 0.0692. The number of nitrogens with zero attached hydrogens (tertiary/aromatic N) is 3. The van der Waals surface area contributed by atoms with Crippen LogP contribution in [0.5, 0.6) is 0 Å². The number of rotatable bonds is 23. The van der Waals surface area contributed by atoms with Gasteiger partial charge in [-0.25, -0.2) is 4.79 Å². The maximum atomic E-state index is 14.0. The number of ether oxygens (including phenoxy) is 1. The number of hydrogen-bond donors (Lipinski definition) is 5. The lowest BCUT2D eigenvalue weighted by molar-refractivity contribution is -0.154. The van der Waals surface area contributed by atoms with Gasteiger partial charge in [0.05, 0.1) is 13.7 Å². The van der Waals surface area contributed by atoms with Gasteiger partial charge in [0.15, 0.2) is 0 Å². The Kier molecular flexibility index (Phi) is 20.5. The number of carbonyl (C=O) groups is 8. The summed E-state index contributed by atoms with van der Waals surface area (Å²) in [4.78, 5) is 111. The van der Waals surface area contributed by atoms with Gasteiger partial charge < -0.3 is 46.2 Å². The lowest BCUT2D eigenvalue weighted by Gasteiger charge is -2.34. The number of nitrogens with one attached hydrogen (secondary N) is 3. The van der Waals surface area contributed by atoms with Gasteiger partial charge in [-0.3, -0.25) is 33.6 Å². The van der Waals surface area contributed by atoms with Crippen LogP contribution in [0.4, 0.5) is 0 Å². The van der Waals surface area contributed by atoms with Gasteiger partial charge in [-0.2, -0.15) is 0 Å². The Morgan fingerprint density at radius 3 is 2.07 bits per heavy atom. The Balaban J connectivity index is 2.32. The van der Waals surface area contributed by atoms with E-state index < -0.39 is 96.1 Å². The third-order valence-electron chi connectivity index (χ3n) is 11.2. The summed E-state index contributed by atoms with van der Waals surface area (Å²) in [6.45, 7) is 10.5. The zero-order chi connectivity index (χ0) is 44.6. The maximum Gasteiger partial charge on any atom is 0.328 e. The van der Waals surface area contributed by atoms with E-state index in [4.69, 9.17) is 10.5 Å². The number of likely N-dealkylation sites (N-methyl/N-ethyl adjacent to an activating group) is 2. The third-order valence-corrected chi connectivity index (χ3v) is 11.2. The first-order chi connectivity index (χ1) is 27.8. The molecule has 6 N–H and O–H groups in total. The van der Waals surface area contributed by atoms with Crippen molar-refractivity contribution in [3.05, 3.63) is 35.9 Å². The molecular weight excluding hydrogens is 763 g/mol. The van der Waals surface area contributed by atoms with Gasteiger partial charge in [-0.1, -0.05) is 84.7 Å². The van der Waals surface area contributed by atoms with Gasteiger partial charge >= 0.3 is 5.97 Å². The third kappa shape index (κ3) is 14.6. The van der Waals surface area contributed by atoms with E-state index in [0.29, 0.717) is 32.2 Å². The fraction of sp³-hybridized carbons (Fsp3) is 0.667. The van der Waals surface area contributed by atoms with Crippen molar-refractivity contribution in [1.82, 2.24) is 30.7 Å². The quantitative estimate of drug-likeness (QED) is 0.0978. The molecule has 1 aliphatic rings. The molecule has 1 saturated heterocycles. The second-order valence-corrected chi connectivity index (χ2v) is 16.0. The van der Waals surface area contributed by atoms with Crippen LogP contribution < -0.4 is 21.7 Å². The molecule has 0 saturated carbocycles. The number of amides is 7. The van der Waals surface area contributed by atoms with Crippen LogP contribution in [-0.2, 0) is 49.5 Å². The van der Waals surface area contributed by atoms with E-state index >= 15 is 0 Å². The molecule has 7 amide bonds. The molecule has 0 spiro atoms. The Bertz CT molecular complexity index is 1610. The number of likely N-dealkylation sites (tertiary alicyclic amines) is 1. The van der Waals surface area contributed by atoms with Crippen LogP contribution in [0.2, 0.25) is 0 Å². The highest BCUT2D eigenvalue weighted by atomic mass is 16.5. The average Bonchev–Trinajstić information content (AvgIpc) is 3.71. The molecule has 2 rings (SSSR count). The highest BCUT2D eigenvalue weighted by Crippen LogP contribution is 2.23. The summed E-state index contributed by atoms with van der Waals surface area (Å²) >= 11 is 0. The van der Waals surface area contributed by atoms with Crippen LogP contribution >= 0.6 is 0 Å². The monoisotopic (exact) mass is 829 g/mol. The van der Waals surface area contributed by atoms with E-state index in [-0.39, 0.29) is 37.5 Å². The first-order valence-electron chi connectivity index (χ1n) is 20.6. The van der Waals surface area contributed by atoms with Crippen molar-refractivity contribution in [3.63, 3.8) is 0 Å². The smallest absolute Gasteiger partial charge is 0.328 e. The van der Waals surface area contributed by atoms with Gasteiger partial charge in [0.1, 0.15) is 36.3 Å². The number of nitrogens with two attached hydrogens (primary N) is 1. The molecule has 1 fully saturated rings. The molecule has 0 bridgehead atoms. The Morgan fingerprint density at radius 2 is 1.51 bits per heavy atom. The average molecular weight is 830 g/mol. The second kappa shape index (κ2) is 24.1. The Morgan fingerprint density at radius 1 is 0.881 bits per heavy atom. The summed E-state index contributed by atoms with van der Waals surface area (Å²) < 4.78 is 4.93. The highest BCUT2D eigenvalue weighted by Gasteiger charge is 2.41. The maximum absolute atomic E-state index is 14.0. The summed E-state index contributed by atoms with van der Waals surface area (Å²) in [5.74, 6) is -6.03. The molecule has 1 heterocycles. The number of aliphatic hydroxyl groups excluding tert-OH is 1. The Labute approximate surface area is 348 Å². The highest BCUT2D eigenvalue weighted by molar-refractivity contribution is 5.96. The molecule has 17 nitrogen and oxygen atoms in total. The van der Waals surface area contributed by atoms with Crippen LogP contribution in [0, 0.1) is 17.8 Å². The van der Waals surface area contributed by atoms with E-state index in [0.717, 1.165) is 10.5 Å². The molecule has 1 unspecified atom stereocenters. The van der Waals surface area contributed by atoms with Gasteiger partial charge in [0.2, 0.25) is 41.4 Å². The van der Waals surface area contributed by atoms with Crippen LogP contribution in [0.1, 0.15) is 92.1 Å². The molecule has 1 aliphatic heterocycles. The first kappa shape index (κ1) is 50.1. The van der Waals surface area contributed by atoms with Crippen LogP contribution in [-0.4, -0.2) is 138 Å². The zero-order valence-electron chi connectivity index (χ0n) is 36.2. The second-order valence-electron chi connectivity index (χ2n) is 16.0. The van der Waals surface area contributed by atoms with E-state index in [1.54, 1.807) is 13.8 Å². The normalized spacial score (nSPS) is 17.3. The van der Waals surface area contributed by atoms with E-state index in [9.17, 15) is 43.5 Å². The number of benzene rings is 1. The first-order valence-corrected chi connectivity index (χ1v) is 20.6. The van der Waals surface area contributed by atoms with Gasteiger partial charge in [-0.05, 0) is 49.0 Å².